The highest BCUT2D eigenvalue weighted by Gasteiger charge is 2.05. The van der Waals surface area contributed by atoms with Crippen molar-refractivity contribution in [1.82, 2.24) is 0 Å². The Labute approximate surface area is 88.2 Å². The minimum Gasteiger partial charge on any atom is -0.478 e. The van der Waals surface area contributed by atoms with Crippen molar-refractivity contribution >= 4 is 23.7 Å². The van der Waals surface area contributed by atoms with Gasteiger partial charge in [0.15, 0.2) is 0 Å². The van der Waals surface area contributed by atoms with Crippen molar-refractivity contribution in [3.8, 4) is 0 Å². The van der Waals surface area contributed by atoms with Crippen LogP contribution in [0.4, 0.5) is 0 Å². The predicted molar refractivity (Wildman–Crippen MR) is 58.1 cm³/mol. The summed E-state index contributed by atoms with van der Waals surface area (Å²) in [6.45, 7) is 4.00. The maximum Gasteiger partial charge on any atom is 0.335 e. The lowest BCUT2D eigenvalue weighted by Gasteiger charge is -1.95. The van der Waals surface area contributed by atoms with E-state index < -0.39 is 11.1 Å². The molecule has 0 radical (unpaired) electrons. The van der Waals surface area contributed by atoms with E-state index in [4.69, 9.17) is 5.11 Å². The van der Waals surface area contributed by atoms with Crippen molar-refractivity contribution in [1.29, 1.82) is 0 Å². The monoisotopic (exact) mass is 212 g/mol. The second kappa shape index (κ2) is 6.21. The van der Waals surface area contributed by atoms with Crippen molar-refractivity contribution in [3.63, 3.8) is 0 Å². The molecule has 1 N–H and O–H groups in total. The third-order valence-electron chi connectivity index (χ3n) is 1.36. The molecule has 76 valence electrons. The van der Waals surface area contributed by atoms with Gasteiger partial charge in [0.05, 0.1) is 5.56 Å². The molecule has 0 saturated heterocycles. The lowest BCUT2D eigenvalue weighted by Crippen LogP contribution is -1.98. The highest BCUT2D eigenvalue weighted by molar-refractivity contribution is 7.97. The number of hydrogen-bond acceptors (Lipinski definition) is 2. The lowest BCUT2D eigenvalue weighted by molar-refractivity contribution is 0.0697. The first-order valence-corrected chi connectivity index (χ1v) is 4.62. The Kier molecular flexibility index (Phi) is 5.64. The minimum atomic E-state index is -1.05. The minimum absolute atomic E-state index is 0.0925. The molecule has 3 nitrogen and oxygen atoms in total. The van der Waals surface area contributed by atoms with Crippen LogP contribution in [-0.2, 0) is 0 Å². The molecule has 1 aromatic rings. The maximum atomic E-state index is 10.7. The summed E-state index contributed by atoms with van der Waals surface area (Å²) >= 11 is 3.57. The number of thiol groups is 1. The molecule has 0 atom stereocenters. The van der Waals surface area contributed by atoms with Crippen molar-refractivity contribution in [3.05, 3.63) is 35.4 Å². The van der Waals surface area contributed by atoms with Gasteiger partial charge in [-0.2, -0.15) is 0 Å². The van der Waals surface area contributed by atoms with E-state index in [2.05, 4.69) is 12.6 Å². The van der Waals surface area contributed by atoms with Crippen LogP contribution in [0.25, 0.3) is 0 Å². The Balaban J connectivity index is 0.000000791. The predicted octanol–water partition coefficient (Wildman–Crippen LogP) is 2.48. The van der Waals surface area contributed by atoms with Crippen LogP contribution in [0.2, 0.25) is 0 Å². The van der Waals surface area contributed by atoms with Gasteiger partial charge in [0, 0.05) is 5.56 Å². The normalized spacial score (nSPS) is 8.50. The zero-order valence-corrected chi connectivity index (χ0v) is 8.91. The average molecular weight is 212 g/mol. The molecule has 0 fully saturated rings. The van der Waals surface area contributed by atoms with Crippen molar-refractivity contribution < 1.29 is 14.7 Å². The van der Waals surface area contributed by atoms with Crippen LogP contribution < -0.4 is 0 Å². The maximum absolute atomic E-state index is 10.7. The SMILES string of the molecule is CC.O=C(O)c1cccc(C(=O)S)c1. The number of benzene rings is 1. The molecule has 0 bridgehead atoms. The zero-order valence-electron chi connectivity index (χ0n) is 8.02. The number of carbonyl (C=O) groups is 2. The molecule has 14 heavy (non-hydrogen) atoms. The summed E-state index contributed by atoms with van der Waals surface area (Å²) < 4.78 is 0. The molecule has 0 heterocycles. The molecule has 0 aliphatic rings. The van der Waals surface area contributed by atoms with E-state index in [1.165, 1.54) is 24.3 Å². The van der Waals surface area contributed by atoms with E-state index in [1.54, 1.807) is 0 Å². The zero-order chi connectivity index (χ0) is 11.1. The third kappa shape index (κ3) is 3.62. The number of carboxylic acid groups (broad SMARTS) is 1. The van der Waals surface area contributed by atoms with Crippen LogP contribution in [0.5, 0.6) is 0 Å². The van der Waals surface area contributed by atoms with Crippen LogP contribution >= 0.6 is 12.6 Å². The van der Waals surface area contributed by atoms with Gasteiger partial charge in [-0.05, 0) is 12.1 Å². The van der Waals surface area contributed by atoms with Gasteiger partial charge in [0.25, 0.3) is 0 Å². The lowest BCUT2D eigenvalue weighted by atomic mass is 10.1. The number of rotatable bonds is 2. The highest BCUT2D eigenvalue weighted by Crippen LogP contribution is 2.07. The molecule has 0 saturated carbocycles. The van der Waals surface area contributed by atoms with Crippen LogP contribution in [0.15, 0.2) is 24.3 Å². The molecule has 0 spiro atoms. The van der Waals surface area contributed by atoms with E-state index in [-0.39, 0.29) is 5.56 Å². The highest BCUT2D eigenvalue weighted by atomic mass is 32.1. The Hall–Kier alpha value is -1.29. The fourth-order valence-electron chi connectivity index (χ4n) is 0.785. The van der Waals surface area contributed by atoms with Gasteiger partial charge in [-0.25, -0.2) is 4.79 Å². The largest absolute Gasteiger partial charge is 0.478 e. The van der Waals surface area contributed by atoms with E-state index in [0.29, 0.717) is 5.56 Å². The molecule has 1 rings (SSSR count). The Morgan fingerprint density at radius 2 is 1.71 bits per heavy atom. The fraction of sp³-hybridized carbons (Fsp3) is 0.200. The Morgan fingerprint density at radius 3 is 2.14 bits per heavy atom. The van der Waals surface area contributed by atoms with Gasteiger partial charge in [-0.3, -0.25) is 4.79 Å². The Bertz CT molecular complexity index is 305. The van der Waals surface area contributed by atoms with E-state index in [1.807, 2.05) is 13.8 Å². The quantitative estimate of drug-likeness (QED) is 0.740. The van der Waals surface area contributed by atoms with E-state index in [9.17, 15) is 9.59 Å². The van der Waals surface area contributed by atoms with Crippen LogP contribution in [0, 0.1) is 0 Å². The fourth-order valence-corrected chi connectivity index (χ4v) is 0.924. The van der Waals surface area contributed by atoms with E-state index >= 15 is 0 Å². The summed E-state index contributed by atoms with van der Waals surface area (Å²) in [5.74, 6) is -1.05. The second-order valence-electron chi connectivity index (χ2n) is 2.19. The molecule has 0 aliphatic carbocycles. The van der Waals surface area contributed by atoms with Gasteiger partial charge in [-0.1, -0.05) is 26.0 Å². The number of carboxylic acids is 1. The van der Waals surface area contributed by atoms with Gasteiger partial charge >= 0.3 is 5.97 Å². The van der Waals surface area contributed by atoms with Crippen molar-refractivity contribution in [2.45, 2.75) is 13.8 Å². The third-order valence-corrected chi connectivity index (χ3v) is 1.61. The first kappa shape index (κ1) is 12.7. The standard InChI is InChI=1S/C8H6O3S.C2H6/c9-7(10)5-2-1-3-6(4-5)8(11)12;1-2/h1-4H,(H,9,10)(H,11,12);1-2H3. The first-order chi connectivity index (χ1) is 6.61. The van der Waals surface area contributed by atoms with Gasteiger partial charge in [0.1, 0.15) is 0 Å². The van der Waals surface area contributed by atoms with Gasteiger partial charge in [-0.15, -0.1) is 12.6 Å². The molecule has 0 amide bonds. The molecule has 1 aromatic carbocycles. The molecule has 0 unspecified atom stereocenters. The summed E-state index contributed by atoms with van der Waals surface area (Å²) in [5, 5.41) is 8.12. The summed E-state index contributed by atoms with van der Waals surface area (Å²) in [4.78, 5) is 21.1. The summed E-state index contributed by atoms with van der Waals surface area (Å²) in [7, 11) is 0. The van der Waals surface area contributed by atoms with Crippen LogP contribution in [0.3, 0.4) is 0 Å². The topological polar surface area (TPSA) is 54.4 Å². The summed E-state index contributed by atoms with van der Waals surface area (Å²) in [5.41, 5.74) is 0.383. The molecular weight excluding hydrogens is 200 g/mol. The first-order valence-electron chi connectivity index (χ1n) is 4.18. The molecular formula is C10H12O3S. The number of aromatic carboxylic acids is 1. The smallest absolute Gasteiger partial charge is 0.335 e. The Morgan fingerprint density at radius 1 is 1.21 bits per heavy atom. The number of carbonyl (C=O) groups excluding carboxylic acids is 1. The summed E-state index contributed by atoms with van der Waals surface area (Å²) in [6, 6.07) is 5.73. The van der Waals surface area contributed by atoms with Gasteiger partial charge < -0.3 is 5.11 Å². The van der Waals surface area contributed by atoms with Crippen LogP contribution in [-0.4, -0.2) is 16.2 Å². The molecule has 4 heteroatoms. The van der Waals surface area contributed by atoms with Gasteiger partial charge in [0.2, 0.25) is 5.12 Å². The number of hydrogen-bond donors (Lipinski definition) is 2. The van der Waals surface area contributed by atoms with Crippen LogP contribution in [0.1, 0.15) is 34.6 Å². The van der Waals surface area contributed by atoms with Crippen molar-refractivity contribution in [2.24, 2.45) is 0 Å². The van der Waals surface area contributed by atoms with Crippen molar-refractivity contribution in [2.75, 3.05) is 0 Å². The molecule has 0 aliphatic heterocycles. The second-order valence-corrected chi connectivity index (χ2v) is 2.60. The summed E-state index contributed by atoms with van der Waals surface area (Å²) in [6.07, 6.45) is 0. The molecule has 0 aromatic heterocycles. The van der Waals surface area contributed by atoms with E-state index in [0.717, 1.165) is 0 Å². The average Bonchev–Trinajstić information content (AvgIpc) is 2.21.